The number of nitrogens with one attached hydrogen (secondary N) is 1. The van der Waals surface area contributed by atoms with Crippen LogP contribution >= 0.6 is 0 Å². The summed E-state index contributed by atoms with van der Waals surface area (Å²) in [4.78, 5) is 15.5. The van der Waals surface area contributed by atoms with Crippen molar-refractivity contribution in [2.24, 2.45) is 0 Å². The summed E-state index contributed by atoms with van der Waals surface area (Å²) in [6.45, 7) is 5.15. The SMILES string of the molecule is Cc1ccccc1N(CC(=O)NCc1ccc(CN2CCCC2)cc1)S(=O)(=O)c1ccccc1. The molecule has 1 amide bonds. The molecular formula is C27H31N3O3S. The van der Waals surface area contributed by atoms with Crippen LogP contribution in [0, 0.1) is 6.92 Å². The van der Waals surface area contributed by atoms with Gasteiger partial charge in [0.25, 0.3) is 10.0 Å². The molecule has 1 aliphatic rings. The molecule has 1 heterocycles. The molecule has 34 heavy (non-hydrogen) atoms. The number of carbonyl (C=O) groups is 1. The van der Waals surface area contributed by atoms with Crippen LogP contribution in [0.5, 0.6) is 0 Å². The molecule has 0 aliphatic carbocycles. The molecule has 1 N–H and O–H groups in total. The number of amides is 1. The lowest BCUT2D eigenvalue weighted by Crippen LogP contribution is -2.41. The van der Waals surface area contributed by atoms with E-state index in [2.05, 4.69) is 22.3 Å². The van der Waals surface area contributed by atoms with Crippen molar-refractivity contribution in [1.29, 1.82) is 0 Å². The Kier molecular flexibility index (Phi) is 7.65. The summed E-state index contributed by atoms with van der Waals surface area (Å²) in [5.41, 5.74) is 3.51. The molecule has 6 nitrogen and oxygen atoms in total. The van der Waals surface area contributed by atoms with Crippen LogP contribution < -0.4 is 9.62 Å². The fourth-order valence-electron chi connectivity index (χ4n) is 4.21. The lowest BCUT2D eigenvalue weighted by molar-refractivity contribution is -0.119. The Morgan fingerprint density at radius 3 is 2.18 bits per heavy atom. The van der Waals surface area contributed by atoms with Crippen molar-refractivity contribution in [2.75, 3.05) is 23.9 Å². The van der Waals surface area contributed by atoms with Crippen LogP contribution in [0.4, 0.5) is 5.69 Å². The Morgan fingerprint density at radius 2 is 1.50 bits per heavy atom. The summed E-state index contributed by atoms with van der Waals surface area (Å²) in [5, 5.41) is 2.88. The van der Waals surface area contributed by atoms with Crippen LogP contribution in [0.1, 0.15) is 29.5 Å². The molecule has 1 saturated heterocycles. The molecule has 178 valence electrons. The second-order valence-electron chi connectivity index (χ2n) is 8.69. The maximum Gasteiger partial charge on any atom is 0.264 e. The smallest absolute Gasteiger partial charge is 0.264 e. The van der Waals surface area contributed by atoms with Gasteiger partial charge in [0.2, 0.25) is 5.91 Å². The Hall–Kier alpha value is -3.16. The summed E-state index contributed by atoms with van der Waals surface area (Å²) in [7, 11) is -3.90. The summed E-state index contributed by atoms with van der Waals surface area (Å²) in [5.74, 6) is -0.357. The zero-order valence-electron chi connectivity index (χ0n) is 19.5. The van der Waals surface area contributed by atoms with Gasteiger partial charge < -0.3 is 5.32 Å². The van der Waals surface area contributed by atoms with E-state index in [-0.39, 0.29) is 17.3 Å². The van der Waals surface area contributed by atoms with Crippen LogP contribution in [0.2, 0.25) is 0 Å². The molecule has 0 aromatic heterocycles. The van der Waals surface area contributed by atoms with Gasteiger partial charge in [-0.15, -0.1) is 0 Å². The molecule has 1 fully saturated rings. The van der Waals surface area contributed by atoms with Crippen molar-refractivity contribution in [2.45, 2.75) is 37.8 Å². The van der Waals surface area contributed by atoms with Gasteiger partial charge in [-0.25, -0.2) is 8.42 Å². The summed E-state index contributed by atoms with van der Waals surface area (Å²) in [6, 6.07) is 23.6. The first-order valence-electron chi connectivity index (χ1n) is 11.6. The molecule has 0 atom stereocenters. The minimum Gasteiger partial charge on any atom is -0.350 e. The topological polar surface area (TPSA) is 69.7 Å². The van der Waals surface area contributed by atoms with Crippen molar-refractivity contribution in [3.63, 3.8) is 0 Å². The first kappa shape index (κ1) is 24.0. The van der Waals surface area contributed by atoms with Crippen molar-refractivity contribution in [3.8, 4) is 0 Å². The van der Waals surface area contributed by atoms with E-state index in [9.17, 15) is 13.2 Å². The molecule has 3 aromatic carbocycles. The van der Waals surface area contributed by atoms with E-state index in [1.54, 1.807) is 42.5 Å². The average Bonchev–Trinajstić information content (AvgIpc) is 3.36. The van der Waals surface area contributed by atoms with Gasteiger partial charge in [0.1, 0.15) is 6.54 Å². The molecule has 3 aromatic rings. The predicted molar refractivity (Wildman–Crippen MR) is 135 cm³/mol. The van der Waals surface area contributed by atoms with E-state index in [4.69, 9.17) is 0 Å². The quantitative estimate of drug-likeness (QED) is 0.504. The van der Waals surface area contributed by atoms with E-state index in [0.717, 1.165) is 30.8 Å². The Labute approximate surface area is 202 Å². The van der Waals surface area contributed by atoms with Gasteiger partial charge in [0, 0.05) is 13.1 Å². The largest absolute Gasteiger partial charge is 0.350 e. The van der Waals surface area contributed by atoms with Crippen molar-refractivity contribution in [1.82, 2.24) is 10.2 Å². The van der Waals surface area contributed by atoms with Gasteiger partial charge in [-0.05, 0) is 67.7 Å². The minimum atomic E-state index is -3.90. The van der Waals surface area contributed by atoms with Crippen LogP contribution in [0.3, 0.4) is 0 Å². The van der Waals surface area contributed by atoms with E-state index in [0.29, 0.717) is 12.2 Å². The summed E-state index contributed by atoms with van der Waals surface area (Å²) >= 11 is 0. The molecular weight excluding hydrogens is 446 g/mol. The molecule has 0 spiro atoms. The van der Waals surface area contributed by atoms with Crippen LogP contribution in [-0.4, -0.2) is 38.9 Å². The highest BCUT2D eigenvalue weighted by Crippen LogP contribution is 2.26. The van der Waals surface area contributed by atoms with Gasteiger partial charge >= 0.3 is 0 Å². The summed E-state index contributed by atoms with van der Waals surface area (Å²) in [6.07, 6.45) is 2.53. The number of nitrogens with zero attached hydrogens (tertiary/aromatic N) is 2. The van der Waals surface area contributed by atoms with E-state index in [1.807, 2.05) is 31.2 Å². The number of benzene rings is 3. The lowest BCUT2D eigenvalue weighted by Gasteiger charge is -2.25. The highest BCUT2D eigenvalue weighted by Gasteiger charge is 2.28. The second-order valence-corrected chi connectivity index (χ2v) is 10.6. The molecule has 0 bridgehead atoms. The highest BCUT2D eigenvalue weighted by atomic mass is 32.2. The number of aryl methyl sites for hydroxylation is 1. The van der Waals surface area contributed by atoms with Gasteiger partial charge in [-0.3, -0.25) is 14.0 Å². The average molecular weight is 478 g/mol. The number of sulfonamides is 1. The van der Waals surface area contributed by atoms with Crippen molar-refractivity contribution < 1.29 is 13.2 Å². The van der Waals surface area contributed by atoms with Crippen LogP contribution in [0.25, 0.3) is 0 Å². The van der Waals surface area contributed by atoms with Gasteiger partial charge in [-0.2, -0.15) is 0 Å². The number of para-hydroxylation sites is 1. The third-order valence-electron chi connectivity index (χ3n) is 6.12. The van der Waals surface area contributed by atoms with E-state index >= 15 is 0 Å². The number of likely N-dealkylation sites (tertiary alicyclic amines) is 1. The number of rotatable bonds is 9. The standard InChI is InChI=1S/C27H31N3O3S/c1-22-9-5-6-12-26(22)30(34(32,33)25-10-3-2-4-11-25)21-27(31)28-19-23-13-15-24(16-14-23)20-29-17-7-8-18-29/h2-6,9-16H,7-8,17-21H2,1H3,(H,28,31). The number of hydrogen-bond acceptors (Lipinski definition) is 4. The minimum absolute atomic E-state index is 0.152. The molecule has 7 heteroatoms. The lowest BCUT2D eigenvalue weighted by atomic mass is 10.1. The van der Waals surface area contributed by atoms with Crippen LogP contribution in [-0.2, 0) is 27.9 Å². The Balaban J connectivity index is 1.44. The first-order valence-corrected chi connectivity index (χ1v) is 13.1. The predicted octanol–water partition coefficient (Wildman–Crippen LogP) is 4.10. The zero-order valence-corrected chi connectivity index (χ0v) is 20.3. The number of carbonyl (C=O) groups excluding carboxylic acids is 1. The number of hydrogen-bond donors (Lipinski definition) is 1. The molecule has 4 rings (SSSR count). The Bertz CT molecular complexity index is 1210. The zero-order chi connectivity index (χ0) is 24.0. The normalized spacial score (nSPS) is 14.1. The third-order valence-corrected chi connectivity index (χ3v) is 7.89. The molecule has 1 aliphatic heterocycles. The molecule has 0 radical (unpaired) electrons. The maximum absolute atomic E-state index is 13.4. The fraction of sp³-hybridized carbons (Fsp3) is 0.296. The maximum atomic E-state index is 13.4. The Morgan fingerprint density at radius 1 is 0.882 bits per heavy atom. The third kappa shape index (κ3) is 5.85. The fourth-order valence-corrected chi connectivity index (χ4v) is 5.72. The van der Waals surface area contributed by atoms with Gasteiger partial charge in [0.15, 0.2) is 0 Å². The first-order chi connectivity index (χ1) is 16.4. The van der Waals surface area contributed by atoms with E-state index in [1.165, 1.54) is 22.7 Å². The van der Waals surface area contributed by atoms with Gasteiger partial charge in [0.05, 0.1) is 10.6 Å². The van der Waals surface area contributed by atoms with Crippen molar-refractivity contribution >= 4 is 21.6 Å². The molecule has 0 unspecified atom stereocenters. The van der Waals surface area contributed by atoms with E-state index < -0.39 is 10.0 Å². The monoisotopic (exact) mass is 477 g/mol. The van der Waals surface area contributed by atoms with Gasteiger partial charge in [-0.1, -0.05) is 60.7 Å². The second kappa shape index (κ2) is 10.8. The van der Waals surface area contributed by atoms with Crippen molar-refractivity contribution in [3.05, 3.63) is 95.6 Å². The number of anilines is 1. The highest BCUT2D eigenvalue weighted by molar-refractivity contribution is 7.92. The van der Waals surface area contributed by atoms with Crippen LogP contribution in [0.15, 0.2) is 83.8 Å². The molecule has 0 saturated carbocycles. The summed E-state index contributed by atoms with van der Waals surface area (Å²) < 4.78 is 28.0.